The molecule has 1 aromatic heterocycles. The Kier molecular flexibility index (Phi) is 5.40. The van der Waals surface area contributed by atoms with Gasteiger partial charge in [0.25, 0.3) is 11.8 Å². The Balaban J connectivity index is 1.32. The molecule has 2 aromatic rings. The van der Waals surface area contributed by atoms with Crippen LogP contribution in [0.15, 0.2) is 22.7 Å². The lowest BCUT2D eigenvalue weighted by Crippen LogP contribution is -2.34. The Bertz CT molecular complexity index is 993. The van der Waals surface area contributed by atoms with E-state index in [0.29, 0.717) is 35.2 Å². The van der Waals surface area contributed by atoms with E-state index in [2.05, 4.69) is 15.5 Å². The van der Waals surface area contributed by atoms with Gasteiger partial charge >= 0.3 is 0 Å². The smallest absolute Gasteiger partial charge is 0.261 e. The van der Waals surface area contributed by atoms with E-state index in [-0.39, 0.29) is 42.6 Å². The third-order valence-corrected chi connectivity index (χ3v) is 5.56. The van der Waals surface area contributed by atoms with E-state index in [9.17, 15) is 14.4 Å². The van der Waals surface area contributed by atoms with Gasteiger partial charge in [0, 0.05) is 18.9 Å². The summed E-state index contributed by atoms with van der Waals surface area (Å²) in [4.78, 5) is 43.2. The fourth-order valence-corrected chi connectivity index (χ4v) is 3.65. The Morgan fingerprint density at radius 1 is 1.23 bits per heavy atom. The van der Waals surface area contributed by atoms with Crippen LogP contribution in [0.5, 0.6) is 0 Å². The van der Waals surface area contributed by atoms with Crippen molar-refractivity contribution in [1.29, 1.82) is 0 Å². The van der Waals surface area contributed by atoms with Gasteiger partial charge in [-0.1, -0.05) is 30.6 Å². The first-order valence-corrected chi connectivity index (χ1v) is 10.4. The quantitative estimate of drug-likeness (QED) is 0.670. The van der Waals surface area contributed by atoms with Gasteiger partial charge in [0.15, 0.2) is 5.82 Å². The molecule has 4 rings (SSSR count). The van der Waals surface area contributed by atoms with Crippen molar-refractivity contribution in [3.8, 4) is 0 Å². The summed E-state index contributed by atoms with van der Waals surface area (Å²) in [5.74, 6) is 0.844. The third-order valence-electron chi connectivity index (χ3n) is 5.56. The minimum atomic E-state index is -0.361. The number of amides is 3. The van der Waals surface area contributed by atoms with E-state index in [4.69, 9.17) is 4.52 Å². The highest BCUT2D eigenvalue weighted by molar-refractivity contribution is 6.21. The summed E-state index contributed by atoms with van der Waals surface area (Å²) in [5, 5.41) is 6.98. The van der Waals surface area contributed by atoms with Crippen LogP contribution in [0.2, 0.25) is 0 Å². The number of aryl methyl sites for hydroxylation is 1. The zero-order valence-corrected chi connectivity index (χ0v) is 17.5. The van der Waals surface area contributed by atoms with Gasteiger partial charge in [0.1, 0.15) is 6.04 Å². The average molecular weight is 410 g/mol. The monoisotopic (exact) mass is 410 g/mol. The summed E-state index contributed by atoms with van der Waals surface area (Å²) in [6.07, 6.45) is 2.74. The molecule has 0 bridgehead atoms. The first-order chi connectivity index (χ1) is 14.3. The predicted octanol–water partition coefficient (Wildman–Crippen LogP) is 3.15. The van der Waals surface area contributed by atoms with Gasteiger partial charge in [-0.2, -0.15) is 4.98 Å². The number of aromatic nitrogens is 2. The molecule has 8 nitrogen and oxygen atoms in total. The number of rotatable bonds is 8. The predicted molar refractivity (Wildman–Crippen MR) is 108 cm³/mol. The maximum Gasteiger partial charge on any atom is 0.261 e. The fourth-order valence-electron chi connectivity index (χ4n) is 3.65. The molecule has 0 radical (unpaired) electrons. The first-order valence-electron chi connectivity index (χ1n) is 10.4. The van der Waals surface area contributed by atoms with Crippen LogP contribution < -0.4 is 5.32 Å². The molecule has 0 saturated heterocycles. The maximum atomic E-state index is 12.5. The summed E-state index contributed by atoms with van der Waals surface area (Å²) in [6, 6.07) is 4.87. The molecule has 1 aliphatic heterocycles. The number of imide groups is 1. The highest BCUT2D eigenvalue weighted by atomic mass is 16.5. The van der Waals surface area contributed by atoms with E-state index in [1.54, 1.807) is 12.1 Å². The van der Waals surface area contributed by atoms with Crippen LogP contribution >= 0.6 is 0 Å². The number of nitrogens with zero attached hydrogens (tertiary/aromatic N) is 3. The van der Waals surface area contributed by atoms with Gasteiger partial charge in [-0.05, 0) is 44.2 Å². The molecule has 158 valence electrons. The second kappa shape index (κ2) is 8.01. The average Bonchev–Trinajstić information content (AvgIpc) is 3.40. The van der Waals surface area contributed by atoms with E-state index >= 15 is 0 Å². The Morgan fingerprint density at radius 3 is 2.67 bits per heavy atom. The first kappa shape index (κ1) is 20.3. The summed E-state index contributed by atoms with van der Waals surface area (Å²) < 4.78 is 5.38. The molecule has 30 heavy (non-hydrogen) atoms. The number of nitrogens with one attached hydrogen (secondary N) is 1. The van der Waals surface area contributed by atoms with Crippen molar-refractivity contribution in [2.24, 2.45) is 5.92 Å². The second-order valence-corrected chi connectivity index (χ2v) is 8.47. The molecule has 3 amide bonds. The van der Waals surface area contributed by atoms with Crippen molar-refractivity contribution < 1.29 is 18.9 Å². The zero-order chi connectivity index (χ0) is 21.4. The molecule has 0 spiro atoms. The van der Waals surface area contributed by atoms with Crippen molar-refractivity contribution >= 4 is 17.7 Å². The van der Waals surface area contributed by atoms with Gasteiger partial charge in [-0.15, -0.1) is 0 Å². The molecule has 1 atom stereocenters. The van der Waals surface area contributed by atoms with E-state index in [0.717, 1.165) is 18.4 Å². The number of hydrogen-bond donors (Lipinski definition) is 1. The van der Waals surface area contributed by atoms with Crippen molar-refractivity contribution in [2.45, 2.75) is 58.4 Å². The maximum absolute atomic E-state index is 12.5. The summed E-state index contributed by atoms with van der Waals surface area (Å²) in [5.41, 5.74) is 1.80. The Morgan fingerprint density at radius 2 is 1.97 bits per heavy atom. The number of carbonyl (C=O) groups is 3. The van der Waals surface area contributed by atoms with Gasteiger partial charge in [-0.3, -0.25) is 19.3 Å². The van der Waals surface area contributed by atoms with Crippen molar-refractivity contribution in [3.05, 3.63) is 46.6 Å². The van der Waals surface area contributed by atoms with Crippen LogP contribution in [0.4, 0.5) is 0 Å². The van der Waals surface area contributed by atoms with Crippen molar-refractivity contribution in [3.63, 3.8) is 0 Å². The normalized spacial score (nSPS) is 16.9. The fraction of sp³-hybridized carbons (Fsp3) is 0.500. The molecule has 1 fully saturated rings. The molecule has 1 unspecified atom stereocenters. The summed E-state index contributed by atoms with van der Waals surface area (Å²) in [6.45, 7) is 6.05. The Hall–Kier alpha value is -3.03. The number of fused-ring (bicyclic) bond motifs is 1. The van der Waals surface area contributed by atoms with Gasteiger partial charge in [0.2, 0.25) is 11.8 Å². The highest BCUT2D eigenvalue weighted by Crippen LogP contribution is 2.38. The second-order valence-electron chi connectivity index (χ2n) is 8.47. The van der Waals surface area contributed by atoms with Crippen LogP contribution in [-0.2, 0) is 4.79 Å². The van der Waals surface area contributed by atoms with Crippen LogP contribution in [0.3, 0.4) is 0 Å². The molecule has 1 N–H and O–H groups in total. The molecular formula is C22H26N4O4. The SMILES string of the molecule is Cc1ccc2c(c1)C(=O)N(CCCC(=O)NC(c1nc(C3CC3)no1)C(C)C)C2=O. The van der Waals surface area contributed by atoms with E-state index in [1.807, 2.05) is 26.8 Å². The van der Waals surface area contributed by atoms with Crippen LogP contribution in [0, 0.1) is 12.8 Å². The minimum Gasteiger partial charge on any atom is -0.344 e. The standard InChI is InChI=1S/C22H26N4O4/c1-12(2)18(20-24-19(25-30-20)14-7-8-14)23-17(27)5-4-10-26-21(28)15-9-6-13(3)11-16(15)22(26)29/h6,9,11-12,14,18H,4-5,7-8,10H2,1-3H3,(H,23,27). The third kappa shape index (κ3) is 3.99. The minimum absolute atomic E-state index is 0.0842. The summed E-state index contributed by atoms with van der Waals surface area (Å²) in [7, 11) is 0. The van der Waals surface area contributed by atoms with Crippen LogP contribution in [-0.4, -0.2) is 39.3 Å². The number of benzene rings is 1. The molecule has 1 saturated carbocycles. The Labute approximate surface area is 175 Å². The van der Waals surface area contributed by atoms with Crippen molar-refractivity contribution in [1.82, 2.24) is 20.4 Å². The highest BCUT2D eigenvalue weighted by Gasteiger charge is 2.35. The van der Waals surface area contributed by atoms with Crippen LogP contribution in [0.1, 0.15) is 89.5 Å². The lowest BCUT2D eigenvalue weighted by atomic mass is 10.0. The molecule has 2 heterocycles. The largest absolute Gasteiger partial charge is 0.344 e. The molecule has 2 aliphatic rings. The van der Waals surface area contributed by atoms with E-state index < -0.39 is 0 Å². The molecular weight excluding hydrogens is 384 g/mol. The summed E-state index contributed by atoms with van der Waals surface area (Å²) >= 11 is 0. The van der Waals surface area contributed by atoms with Gasteiger partial charge in [-0.25, -0.2) is 0 Å². The van der Waals surface area contributed by atoms with Crippen LogP contribution in [0.25, 0.3) is 0 Å². The van der Waals surface area contributed by atoms with E-state index in [1.165, 1.54) is 4.90 Å². The number of hydrogen-bond acceptors (Lipinski definition) is 6. The lowest BCUT2D eigenvalue weighted by molar-refractivity contribution is -0.122. The topological polar surface area (TPSA) is 105 Å². The molecule has 1 aliphatic carbocycles. The lowest BCUT2D eigenvalue weighted by Gasteiger charge is -2.19. The molecule has 8 heteroatoms. The van der Waals surface area contributed by atoms with Gasteiger partial charge in [0.05, 0.1) is 11.1 Å². The molecule has 1 aromatic carbocycles. The van der Waals surface area contributed by atoms with Gasteiger partial charge < -0.3 is 9.84 Å². The number of carbonyl (C=O) groups excluding carboxylic acids is 3. The van der Waals surface area contributed by atoms with Crippen molar-refractivity contribution in [2.75, 3.05) is 6.54 Å². The zero-order valence-electron chi connectivity index (χ0n) is 17.5.